The van der Waals surface area contributed by atoms with Crippen molar-refractivity contribution in [2.75, 3.05) is 21.1 Å². The van der Waals surface area contributed by atoms with E-state index in [-0.39, 0.29) is 5.76 Å². The number of quaternary nitrogens is 1. The van der Waals surface area contributed by atoms with Crippen LogP contribution in [0.15, 0.2) is 45.9 Å². The molecule has 1 atom stereocenters. The fraction of sp³-hybridized carbons (Fsp3) is 0.250. The lowest BCUT2D eigenvalue weighted by molar-refractivity contribution is -0.876. The van der Waals surface area contributed by atoms with Gasteiger partial charge in [-0.15, -0.1) is 0 Å². The van der Waals surface area contributed by atoms with Crippen molar-refractivity contribution in [2.24, 2.45) is 5.10 Å². The predicted molar refractivity (Wildman–Crippen MR) is 85.1 cm³/mol. The highest BCUT2D eigenvalue weighted by atomic mass is 35.5. The minimum absolute atomic E-state index is 0.0882. The summed E-state index contributed by atoms with van der Waals surface area (Å²) in [6.07, 6.45) is 0.262. The van der Waals surface area contributed by atoms with Crippen molar-refractivity contribution in [3.8, 4) is 0 Å². The smallest absolute Gasteiger partial charge is 0.230 e. The Morgan fingerprint density at radius 3 is 2.45 bits per heavy atom. The number of furan rings is 1. The first-order valence-electron chi connectivity index (χ1n) is 6.71. The molecule has 1 aromatic carbocycles. The lowest BCUT2D eigenvalue weighted by Gasteiger charge is -2.13. The molecule has 1 N–H and O–H groups in total. The molecule has 2 aromatic rings. The monoisotopic (exact) mass is 321 g/mol. The average Bonchev–Trinajstić information content (AvgIpc) is 2.92. The highest BCUT2D eigenvalue weighted by molar-refractivity contribution is 6.30. The molecule has 2 rings (SSSR count). The van der Waals surface area contributed by atoms with Gasteiger partial charge in [-0.25, -0.2) is 4.59 Å². The molecular weight excluding hydrogens is 304 g/mol. The number of halogens is 1. The molecule has 116 valence electrons. The number of Topliss-reactive ketones (excluding diaryl/α,β-unsaturated/α-hetero) is 1. The maximum Gasteiger partial charge on any atom is 0.230 e. The first kappa shape index (κ1) is 16.4. The molecule has 0 aliphatic carbocycles. The van der Waals surface area contributed by atoms with Crippen LogP contribution in [0.1, 0.15) is 28.0 Å². The van der Waals surface area contributed by atoms with E-state index in [1.54, 1.807) is 36.5 Å². The number of nitrogens with zero attached hydrogens (tertiary/aromatic N) is 2. The number of rotatable bonds is 5. The Kier molecular flexibility index (Phi) is 4.81. The second-order valence-electron chi connectivity index (χ2n) is 5.71. The van der Waals surface area contributed by atoms with Gasteiger partial charge >= 0.3 is 0 Å². The topological polar surface area (TPSA) is 62.8 Å². The van der Waals surface area contributed by atoms with E-state index in [0.29, 0.717) is 20.9 Å². The molecular formula is C16H18ClN2O3+. The summed E-state index contributed by atoms with van der Waals surface area (Å²) in [7, 11) is 5.70. The second-order valence-corrected chi connectivity index (χ2v) is 6.14. The van der Waals surface area contributed by atoms with Crippen molar-refractivity contribution in [1.29, 1.82) is 0 Å². The van der Waals surface area contributed by atoms with Crippen LogP contribution in [0.5, 0.6) is 0 Å². The van der Waals surface area contributed by atoms with Gasteiger partial charge in [-0.2, -0.15) is 0 Å². The molecule has 0 saturated heterocycles. The normalized spacial score (nSPS) is 13.5. The highest BCUT2D eigenvalue weighted by Crippen LogP contribution is 2.21. The molecule has 1 aromatic heterocycles. The number of hydrogen-bond acceptors (Lipinski definition) is 4. The van der Waals surface area contributed by atoms with Gasteiger partial charge in [-0.05, 0) is 29.8 Å². The molecule has 1 heterocycles. The van der Waals surface area contributed by atoms with Crippen LogP contribution in [0.3, 0.4) is 0 Å². The number of aliphatic hydroxyl groups excluding tert-OH is 1. The van der Waals surface area contributed by atoms with Crippen molar-refractivity contribution in [3.63, 3.8) is 0 Å². The third-order valence-electron chi connectivity index (χ3n) is 2.84. The largest absolute Gasteiger partial charge is 0.452 e. The van der Waals surface area contributed by atoms with Gasteiger partial charge in [0.1, 0.15) is 12.3 Å². The minimum atomic E-state index is -1.29. The molecule has 0 aliphatic heterocycles. The van der Waals surface area contributed by atoms with Crippen molar-refractivity contribution in [2.45, 2.75) is 6.10 Å². The number of carbonyl (C=O) groups is 1. The summed E-state index contributed by atoms with van der Waals surface area (Å²) >= 11 is 5.79. The van der Waals surface area contributed by atoms with Crippen molar-refractivity contribution in [1.82, 2.24) is 0 Å². The fourth-order valence-electron chi connectivity index (χ4n) is 1.72. The van der Waals surface area contributed by atoms with Gasteiger partial charge in [-0.3, -0.25) is 4.79 Å². The van der Waals surface area contributed by atoms with Gasteiger partial charge in [0.15, 0.2) is 11.5 Å². The van der Waals surface area contributed by atoms with Crippen LogP contribution < -0.4 is 0 Å². The van der Waals surface area contributed by atoms with Crippen LogP contribution in [-0.4, -0.2) is 42.8 Å². The van der Waals surface area contributed by atoms with E-state index in [0.717, 1.165) is 0 Å². The van der Waals surface area contributed by atoms with E-state index in [1.807, 2.05) is 21.1 Å². The Labute approximate surface area is 134 Å². The number of aliphatic hydroxyl groups is 1. The molecule has 0 bridgehead atoms. The van der Waals surface area contributed by atoms with Crippen molar-refractivity contribution < 1.29 is 18.9 Å². The zero-order chi connectivity index (χ0) is 16.3. The molecule has 5 nitrogen and oxygen atoms in total. The molecule has 0 aliphatic rings. The Balaban J connectivity index is 2.14. The van der Waals surface area contributed by atoms with Crippen LogP contribution in [0.25, 0.3) is 0 Å². The predicted octanol–water partition coefficient (Wildman–Crippen LogP) is 2.89. The summed E-state index contributed by atoms with van der Waals surface area (Å²) in [6.45, 7) is 0. The number of carbonyl (C=O) groups excluding carboxylic acids is 1. The quantitative estimate of drug-likeness (QED) is 0.398. The lowest BCUT2D eigenvalue weighted by Crippen LogP contribution is -2.27. The van der Waals surface area contributed by atoms with Gasteiger partial charge < -0.3 is 9.52 Å². The molecule has 0 radical (unpaired) electrons. The van der Waals surface area contributed by atoms with Crippen LogP contribution in [0.4, 0.5) is 0 Å². The summed E-state index contributed by atoms with van der Waals surface area (Å²) < 4.78 is 5.80. The van der Waals surface area contributed by atoms with Crippen molar-refractivity contribution >= 4 is 23.6 Å². The molecule has 6 heteroatoms. The minimum Gasteiger partial charge on any atom is -0.452 e. The van der Waals surface area contributed by atoms with E-state index >= 15 is 0 Å². The maximum absolute atomic E-state index is 12.2. The summed E-state index contributed by atoms with van der Waals surface area (Å²) in [5, 5.41) is 14.9. The van der Waals surface area contributed by atoms with Crippen molar-refractivity contribution in [3.05, 3.63) is 58.5 Å². The summed E-state index contributed by atoms with van der Waals surface area (Å²) in [5.74, 6) is 0.0391. The lowest BCUT2D eigenvalue weighted by atomic mass is 10.0. The summed E-state index contributed by atoms with van der Waals surface area (Å²) in [5.41, 5.74) is 0.465. The molecule has 0 saturated carbocycles. The Bertz CT molecular complexity index is 684. The third-order valence-corrected chi connectivity index (χ3v) is 3.09. The van der Waals surface area contributed by atoms with Gasteiger partial charge in [0.2, 0.25) is 5.78 Å². The number of hydrogen-bond donors (Lipinski definition) is 1. The number of benzene rings is 1. The fourth-order valence-corrected chi connectivity index (χ4v) is 1.84. The van der Waals surface area contributed by atoms with Crippen LogP contribution >= 0.6 is 11.6 Å². The van der Waals surface area contributed by atoms with Gasteiger partial charge in [0.25, 0.3) is 0 Å². The van der Waals surface area contributed by atoms with Gasteiger partial charge in [-0.1, -0.05) is 28.8 Å². The number of ketones is 1. The Morgan fingerprint density at radius 1 is 1.23 bits per heavy atom. The first-order valence-corrected chi connectivity index (χ1v) is 7.09. The second kappa shape index (κ2) is 6.44. The van der Waals surface area contributed by atoms with E-state index in [4.69, 9.17) is 16.0 Å². The third kappa shape index (κ3) is 4.27. The first-order chi connectivity index (χ1) is 10.3. The molecule has 1 unspecified atom stereocenters. The highest BCUT2D eigenvalue weighted by Gasteiger charge is 2.22. The van der Waals surface area contributed by atoms with E-state index in [1.165, 1.54) is 6.07 Å². The SMILES string of the molecule is C[N+](C)(C)N=Cc1ccc(C(=O)C(O)c2ccc(Cl)cc2)o1. The van der Waals surface area contributed by atoms with Crippen LogP contribution in [0.2, 0.25) is 5.02 Å². The van der Waals surface area contributed by atoms with E-state index in [2.05, 4.69) is 5.10 Å². The van der Waals surface area contributed by atoms with Gasteiger partial charge in [0, 0.05) is 5.02 Å². The maximum atomic E-state index is 12.2. The summed E-state index contributed by atoms with van der Waals surface area (Å²) in [6, 6.07) is 9.61. The molecule has 0 fully saturated rings. The standard InChI is InChI=1S/C16H18ClN2O3/c1-19(2,3)18-10-13-8-9-14(22-13)16(21)15(20)11-4-6-12(17)7-5-11/h4-10,15,20H,1-3H3/q+1. The zero-order valence-corrected chi connectivity index (χ0v) is 13.4. The Morgan fingerprint density at radius 2 is 1.86 bits per heavy atom. The molecule has 22 heavy (non-hydrogen) atoms. The molecule has 0 spiro atoms. The van der Waals surface area contributed by atoms with Gasteiger partial charge in [0.05, 0.1) is 21.1 Å². The zero-order valence-electron chi connectivity index (χ0n) is 12.7. The van der Waals surface area contributed by atoms with Crippen LogP contribution in [-0.2, 0) is 0 Å². The van der Waals surface area contributed by atoms with Crippen LogP contribution in [0, 0.1) is 0 Å². The Hall–Kier alpha value is -1.95. The van der Waals surface area contributed by atoms with E-state index < -0.39 is 11.9 Å². The van der Waals surface area contributed by atoms with E-state index in [9.17, 15) is 9.90 Å². The average molecular weight is 322 g/mol. The summed E-state index contributed by atoms with van der Waals surface area (Å²) in [4.78, 5) is 12.2. The molecule has 0 amide bonds.